The molecule has 0 fully saturated rings. The van der Waals surface area contributed by atoms with Crippen LogP contribution in [0.15, 0.2) is 76.3 Å². The standard InChI is InChI=1S/C23H21BrIN3O2/c1-16-12-20(10-11-21(16)25)26-14-23(29)28-27-13-18-4-2-3-5-22(18)30-15-17-6-8-19(24)9-7-17/h2-13,26H,14-15H2,1H3,(H,28,29). The van der Waals surface area contributed by atoms with Crippen LogP contribution in [0.4, 0.5) is 5.69 Å². The quantitative estimate of drug-likeness (QED) is 0.211. The largest absolute Gasteiger partial charge is 0.488 e. The molecule has 3 aromatic rings. The lowest BCUT2D eigenvalue weighted by atomic mass is 10.2. The third kappa shape index (κ3) is 6.84. The van der Waals surface area contributed by atoms with E-state index in [4.69, 9.17) is 4.74 Å². The molecular weight excluding hydrogens is 557 g/mol. The summed E-state index contributed by atoms with van der Waals surface area (Å²) in [4.78, 5) is 12.1. The van der Waals surface area contributed by atoms with Gasteiger partial charge in [0.05, 0.1) is 12.8 Å². The second-order valence-electron chi connectivity index (χ2n) is 6.56. The van der Waals surface area contributed by atoms with E-state index in [1.807, 2.05) is 73.7 Å². The summed E-state index contributed by atoms with van der Waals surface area (Å²) in [6, 6.07) is 21.5. The van der Waals surface area contributed by atoms with Crippen LogP contribution < -0.4 is 15.5 Å². The number of amides is 1. The van der Waals surface area contributed by atoms with Crippen LogP contribution in [-0.4, -0.2) is 18.7 Å². The molecule has 0 heterocycles. The number of carbonyl (C=O) groups excluding carboxylic acids is 1. The molecule has 0 unspecified atom stereocenters. The lowest BCUT2D eigenvalue weighted by Crippen LogP contribution is -2.25. The molecule has 2 N–H and O–H groups in total. The molecular formula is C23H21BrIN3O2. The predicted octanol–water partition coefficient (Wildman–Crippen LogP) is 5.50. The number of nitrogens with one attached hydrogen (secondary N) is 2. The lowest BCUT2D eigenvalue weighted by Gasteiger charge is -2.09. The van der Waals surface area contributed by atoms with E-state index in [9.17, 15) is 4.79 Å². The van der Waals surface area contributed by atoms with Crippen molar-refractivity contribution >= 4 is 56.3 Å². The molecule has 7 heteroatoms. The third-order valence-corrected chi connectivity index (χ3v) is 5.97. The number of rotatable bonds is 8. The van der Waals surface area contributed by atoms with E-state index in [0.717, 1.165) is 21.3 Å². The van der Waals surface area contributed by atoms with Crippen molar-refractivity contribution in [2.24, 2.45) is 5.10 Å². The normalized spacial score (nSPS) is 10.8. The number of halogens is 2. The number of nitrogens with zero attached hydrogens (tertiary/aromatic N) is 1. The topological polar surface area (TPSA) is 62.7 Å². The fourth-order valence-electron chi connectivity index (χ4n) is 2.61. The van der Waals surface area contributed by atoms with Gasteiger partial charge < -0.3 is 10.1 Å². The maximum absolute atomic E-state index is 12.1. The van der Waals surface area contributed by atoms with Crippen LogP contribution in [0.3, 0.4) is 0 Å². The lowest BCUT2D eigenvalue weighted by molar-refractivity contribution is -0.119. The minimum Gasteiger partial charge on any atom is -0.488 e. The highest BCUT2D eigenvalue weighted by atomic mass is 127. The Morgan fingerprint density at radius 3 is 2.67 bits per heavy atom. The molecule has 154 valence electrons. The van der Waals surface area contributed by atoms with Crippen molar-refractivity contribution in [1.29, 1.82) is 0 Å². The Labute approximate surface area is 198 Å². The van der Waals surface area contributed by atoms with Crippen LogP contribution in [0.2, 0.25) is 0 Å². The van der Waals surface area contributed by atoms with Crippen molar-refractivity contribution < 1.29 is 9.53 Å². The number of hydrazone groups is 1. The van der Waals surface area contributed by atoms with Crippen LogP contribution >= 0.6 is 38.5 Å². The molecule has 0 aliphatic heterocycles. The maximum Gasteiger partial charge on any atom is 0.259 e. The summed E-state index contributed by atoms with van der Waals surface area (Å²) >= 11 is 5.71. The maximum atomic E-state index is 12.1. The summed E-state index contributed by atoms with van der Waals surface area (Å²) < 4.78 is 8.13. The van der Waals surface area contributed by atoms with Crippen molar-refractivity contribution in [2.75, 3.05) is 11.9 Å². The number of anilines is 1. The Balaban J connectivity index is 1.52. The molecule has 0 aliphatic carbocycles. The van der Waals surface area contributed by atoms with Gasteiger partial charge in [0.15, 0.2) is 0 Å². The first-order valence-electron chi connectivity index (χ1n) is 9.29. The van der Waals surface area contributed by atoms with Crippen molar-refractivity contribution in [3.8, 4) is 5.75 Å². The molecule has 5 nitrogen and oxygen atoms in total. The average molecular weight is 578 g/mol. The minimum atomic E-state index is -0.226. The Hall–Kier alpha value is -2.39. The number of hydrogen-bond donors (Lipinski definition) is 2. The summed E-state index contributed by atoms with van der Waals surface area (Å²) in [5.41, 5.74) is 6.46. The third-order valence-electron chi connectivity index (χ3n) is 4.23. The van der Waals surface area contributed by atoms with Crippen LogP contribution in [0.25, 0.3) is 0 Å². The van der Waals surface area contributed by atoms with Gasteiger partial charge in [-0.3, -0.25) is 4.79 Å². The average Bonchev–Trinajstić information content (AvgIpc) is 2.75. The highest BCUT2D eigenvalue weighted by molar-refractivity contribution is 14.1. The SMILES string of the molecule is Cc1cc(NCC(=O)NN=Cc2ccccc2OCc2ccc(Br)cc2)ccc1I. The Kier molecular flexibility index (Phi) is 8.27. The second-order valence-corrected chi connectivity index (χ2v) is 8.64. The van der Waals surface area contributed by atoms with Crippen LogP contribution in [0.1, 0.15) is 16.7 Å². The Bertz CT molecular complexity index is 1040. The number of para-hydroxylation sites is 1. The molecule has 0 aliphatic rings. The predicted molar refractivity (Wildman–Crippen MR) is 133 cm³/mol. The molecule has 3 rings (SSSR count). The minimum absolute atomic E-state index is 0.138. The molecule has 0 aromatic heterocycles. The van der Waals surface area contributed by atoms with Gasteiger partial charge in [0, 0.05) is 19.3 Å². The van der Waals surface area contributed by atoms with E-state index in [0.29, 0.717) is 12.4 Å². The van der Waals surface area contributed by atoms with Gasteiger partial charge in [0.25, 0.3) is 5.91 Å². The van der Waals surface area contributed by atoms with Gasteiger partial charge in [-0.15, -0.1) is 0 Å². The summed E-state index contributed by atoms with van der Waals surface area (Å²) in [6.45, 7) is 2.62. The van der Waals surface area contributed by atoms with Gasteiger partial charge >= 0.3 is 0 Å². The molecule has 3 aromatic carbocycles. The van der Waals surface area contributed by atoms with Gasteiger partial charge in [0.2, 0.25) is 0 Å². The van der Waals surface area contributed by atoms with Crippen LogP contribution in [0.5, 0.6) is 5.75 Å². The number of ether oxygens (including phenoxy) is 1. The summed E-state index contributed by atoms with van der Waals surface area (Å²) in [6.07, 6.45) is 1.59. The first-order chi connectivity index (χ1) is 14.5. The molecule has 0 spiro atoms. The highest BCUT2D eigenvalue weighted by Crippen LogP contribution is 2.19. The summed E-state index contributed by atoms with van der Waals surface area (Å²) in [5, 5.41) is 7.16. The molecule has 0 bridgehead atoms. The van der Waals surface area contributed by atoms with E-state index in [1.165, 1.54) is 9.13 Å². The van der Waals surface area contributed by atoms with Gasteiger partial charge in [-0.25, -0.2) is 5.43 Å². The Morgan fingerprint density at radius 1 is 1.13 bits per heavy atom. The molecule has 0 radical (unpaired) electrons. The van der Waals surface area contributed by atoms with Gasteiger partial charge in [-0.2, -0.15) is 5.10 Å². The van der Waals surface area contributed by atoms with Gasteiger partial charge in [-0.1, -0.05) is 40.2 Å². The van der Waals surface area contributed by atoms with Crippen molar-refractivity contribution in [1.82, 2.24) is 5.43 Å². The van der Waals surface area contributed by atoms with Gasteiger partial charge in [0.1, 0.15) is 12.4 Å². The fourth-order valence-corrected chi connectivity index (χ4v) is 3.21. The van der Waals surface area contributed by atoms with E-state index >= 15 is 0 Å². The fraction of sp³-hybridized carbons (Fsp3) is 0.130. The number of carbonyl (C=O) groups is 1. The summed E-state index contributed by atoms with van der Waals surface area (Å²) in [7, 11) is 0. The molecule has 1 amide bonds. The zero-order chi connectivity index (χ0) is 21.3. The Morgan fingerprint density at radius 2 is 1.90 bits per heavy atom. The van der Waals surface area contributed by atoms with Crippen molar-refractivity contribution in [2.45, 2.75) is 13.5 Å². The first-order valence-corrected chi connectivity index (χ1v) is 11.2. The van der Waals surface area contributed by atoms with Crippen LogP contribution in [-0.2, 0) is 11.4 Å². The molecule has 0 saturated carbocycles. The van der Waals surface area contributed by atoms with Gasteiger partial charge in [-0.05, 0) is 83.1 Å². The first kappa shape index (κ1) is 22.3. The van der Waals surface area contributed by atoms with E-state index < -0.39 is 0 Å². The monoisotopic (exact) mass is 577 g/mol. The van der Waals surface area contributed by atoms with E-state index in [-0.39, 0.29) is 12.5 Å². The van der Waals surface area contributed by atoms with Crippen molar-refractivity contribution in [3.63, 3.8) is 0 Å². The van der Waals surface area contributed by atoms with Crippen molar-refractivity contribution in [3.05, 3.63) is 91.5 Å². The number of aryl methyl sites for hydroxylation is 1. The zero-order valence-electron chi connectivity index (χ0n) is 16.4. The molecule has 0 saturated heterocycles. The number of benzene rings is 3. The smallest absolute Gasteiger partial charge is 0.259 e. The second kappa shape index (κ2) is 11.1. The van der Waals surface area contributed by atoms with E-state index in [1.54, 1.807) is 6.21 Å². The number of hydrogen-bond acceptors (Lipinski definition) is 4. The highest BCUT2D eigenvalue weighted by Gasteiger charge is 2.04. The molecule has 30 heavy (non-hydrogen) atoms. The zero-order valence-corrected chi connectivity index (χ0v) is 20.1. The van der Waals surface area contributed by atoms with E-state index in [2.05, 4.69) is 54.4 Å². The molecule has 0 atom stereocenters. The van der Waals surface area contributed by atoms with Crippen LogP contribution in [0, 0.1) is 10.5 Å². The summed E-state index contributed by atoms with van der Waals surface area (Å²) in [5.74, 6) is 0.474.